The molecule has 4 heteroatoms. The number of nitrogen functional groups attached to an aromatic ring is 1. The summed E-state index contributed by atoms with van der Waals surface area (Å²) in [6, 6.07) is 13.3. The van der Waals surface area contributed by atoms with Crippen LogP contribution in [0.4, 0.5) is 5.69 Å². The topological polar surface area (TPSA) is 64.0 Å². The molecule has 0 aliphatic heterocycles. The van der Waals surface area contributed by atoms with Crippen LogP contribution in [0.3, 0.4) is 0 Å². The third-order valence-electron chi connectivity index (χ3n) is 2.66. The van der Waals surface area contributed by atoms with E-state index in [1.165, 1.54) is 0 Å². The van der Waals surface area contributed by atoms with Gasteiger partial charge in [0.15, 0.2) is 0 Å². The first-order chi connectivity index (χ1) is 8.81. The van der Waals surface area contributed by atoms with Crippen LogP contribution in [-0.4, -0.2) is 11.2 Å². The lowest BCUT2D eigenvalue weighted by Crippen LogP contribution is -2.06. The van der Waals surface area contributed by atoms with E-state index < -0.39 is 0 Å². The highest BCUT2D eigenvalue weighted by atomic mass is 16.5. The highest BCUT2D eigenvalue weighted by Crippen LogP contribution is 2.19. The van der Waals surface area contributed by atoms with Gasteiger partial charge in [-0.1, -0.05) is 12.1 Å². The van der Waals surface area contributed by atoms with Gasteiger partial charge in [0.25, 0.3) is 0 Å². The Morgan fingerprint density at radius 1 is 1.22 bits per heavy atom. The minimum absolute atomic E-state index is 0.581. The van der Waals surface area contributed by atoms with Crippen molar-refractivity contribution in [2.75, 3.05) is 12.3 Å². The van der Waals surface area contributed by atoms with Gasteiger partial charge in [-0.15, -0.1) is 0 Å². The largest absolute Gasteiger partial charge is 0.491 e. The van der Waals surface area contributed by atoms with Crippen molar-refractivity contribution in [1.82, 2.24) is 4.57 Å². The van der Waals surface area contributed by atoms with Crippen LogP contribution >= 0.6 is 0 Å². The lowest BCUT2D eigenvalue weighted by Gasteiger charge is -2.09. The maximum Gasteiger partial charge on any atom is 0.142 e. The summed E-state index contributed by atoms with van der Waals surface area (Å²) >= 11 is 0. The summed E-state index contributed by atoms with van der Waals surface area (Å²) in [5.74, 6) is 0.713. The number of para-hydroxylation sites is 2. The van der Waals surface area contributed by atoms with Gasteiger partial charge in [0.1, 0.15) is 17.5 Å². The molecular weight excluding hydrogens is 226 g/mol. The van der Waals surface area contributed by atoms with Gasteiger partial charge in [-0.2, -0.15) is 5.26 Å². The number of nitrogens with zero attached hydrogens (tertiary/aromatic N) is 2. The van der Waals surface area contributed by atoms with Crippen molar-refractivity contribution in [3.63, 3.8) is 0 Å². The fraction of sp³-hybridized carbons (Fsp3) is 0.214. The van der Waals surface area contributed by atoms with Crippen molar-refractivity contribution in [3.05, 3.63) is 48.3 Å². The van der Waals surface area contributed by atoms with E-state index in [0.717, 1.165) is 13.0 Å². The molecule has 0 bridgehead atoms. The second-order valence-electron chi connectivity index (χ2n) is 3.94. The Bertz CT molecular complexity index is 550. The molecule has 0 spiro atoms. The normalized spacial score (nSPS) is 9.94. The molecule has 0 aliphatic carbocycles. The number of benzene rings is 1. The van der Waals surface area contributed by atoms with Gasteiger partial charge in [0, 0.05) is 12.7 Å². The molecule has 2 N–H and O–H groups in total. The van der Waals surface area contributed by atoms with Gasteiger partial charge in [0.2, 0.25) is 0 Å². The third-order valence-corrected chi connectivity index (χ3v) is 2.66. The molecule has 0 saturated heterocycles. The minimum Gasteiger partial charge on any atom is -0.491 e. The number of aromatic nitrogens is 1. The standard InChI is InChI=1S/C14H15N3O/c15-11-12-5-3-8-17(12)9-4-10-18-14-7-2-1-6-13(14)16/h1-3,5-8H,4,9-10,16H2. The SMILES string of the molecule is N#Cc1cccn1CCCOc1ccccc1N. The van der Waals surface area contributed by atoms with E-state index in [1.807, 2.05) is 41.1 Å². The molecule has 2 rings (SSSR count). The van der Waals surface area contributed by atoms with Gasteiger partial charge in [-0.25, -0.2) is 0 Å². The molecular formula is C14H15N3O. The molecule has 0 atom stereocenters. The van der Waals surface area contributed by atoms with Gasteiger partial charge >= 0.3 is 0 Å². The van der Waals surface area contributed by atoms with Crippen molar-refractivity contribution in [3.8, 4) is 11.8 Å². The molecule has 1 aromatic carbocycles. The molecule has 4 nitrogen and oxygen atoms in total. The van der Waals surface area contributed by atoms with Crippen LogP contribution in [0.15, 0.2) is 42.6 Å². The Labute approximate surface area is 106 Å². The van der Waals surface area contributed by atoms with Gasteiger partial charge in [0.05, 0.1) is 12.3 Å². The van der Waals surface area contributed by atoms with Crippen molar-refractivity contribution >= 4 is 5.69 Å². The second-order valence-corrected chi connectivity index (χ2v) is 3.94. The number of nitriles is 1. The number of hydrogen-bond acceptors (Lipinski definition) is 3. The summed E-state index contributed by atoms with van der Waals surface area (Å²) in [4.78, 5) is 0. The highest BCUT2D eigenvalue weighted by Gasteiger charge is 2.00. The Morgan fingerprint density at radius 3 is 2.83 bits per heavy atom. The Balaban J connectivity index is 1.80. The monoisotopic (exact) mass is 241 g/mol. The molecule has 0 unspecified atom stereocenters. The quantitative estimate of drug-likeness (QED) is 0.645. The van der Waals surface area contributed by atoms with E-state index in [4.69, 9.17) is 15.7 Å². The second kappa shape index (κ2) is 5.78. The molecule has 0 amide bonds. The van der Waals surface area contributed by atoms with E-state index in [-0.39, 0.29) is 0 Å². The predicted octanol–water partition coefficient (Wildman–Crippen LogP) is 2.41. The van der Waals surface area contributed by atoms with Crippen molar-refractivity contribution in [2.24, 2.45) is 0 Å². The smallest absolute Gasteiger partial charge is 0.142 e. The van der Waals surface area contributed by atoms with E-state index in [0.29, 0.717) is 23.7 Å². The van der Waals surface area contributed by atoms with Gasteiger partial charge < -0.3 is 15.0 Å². The summed E-state index contributed by atoms with van der Waals surface area (Å²) in [5, 5.41) is 8.86. The van der Waals surface area contributed by atoms with Crippen LogP contribution in [0.25, 0.3) is 0 Å². The average Bonchev–Trinajstić information content (AvgIpc) is 2.84. The molecule has 18 heavy (non-hydrogen) atoms. The first kappa shape index (κ1) is 12.1. The van der Waals surface area contributed by atoms with E-state index >= 15 is 0 Å². The zero-order valence-electron chi connectivity index (χ0n) is 10.0. The first-order valence-electron chi connectivity index (χ1n) is 5.84. The Morgan fingerprint density at radius 2 is 2.06 bits per heavy atom. The number of nitrogens with two attached hydrogens (primary N) is 1. The number of rotatable bonds is 5. The number of hydrogen-bond donors (Lipinski definition) is 1. The van der Waals surface area contributed by atoms with Crippen LogP contribution < -0.4 is 10.5 Å². The van der Waals surface area contributed by atoms with Crippen LogP contribution in [-0.2, 0) is 6.54 Å². The number of aryl methyl sites for hydroxylation is 1. The maximum absolute atomic E-state index is 8.86. The molecule has 1 aromatic heterocycles. The fourth-order valence-corrected chi connectivity index (χ4v) is 1.74. The first-order valence-corrected chi connectivity index (χ1v) is 5.84. The minimum atomic E-state index is 0.581. The number of ether oxygens (including phenoxy) is 1. The summed E-state index contributed by atoms with van der Waals surface area (Å²) < 4.78 is 7.50. The molecule has 0 radical (unpaired) electrons. The molecule has 92 valence electrons. The van der Waals surface area contributed by atoms with E-state index in [1.54, 1.807) is 6.07 Å². The van der Waals surface area contributed by atoms with Crippen molar-refractivity contribution < 1.29 is 4.74 Å². The third kappa shape index (κ3) is 2.83. The maximum atomic E-state index is 8.86. The van der Waals surface area contributed by atoms with E-state index in [2.05, 4.69) is 6.07 Å². The predicted molar refractivity (Wildman–Crippen MR) is 70.1 cm³/mol. The summed E-state index contributed by atoms with van der Waals surface area (Å²) in [5.41, 5.74) is 7.09. The van der Waals surface area contributed by atoms with Crippen LogP contribution in [0, 0.1) is 11.3 Å². The highest BCUT2D eigenvalue weighted by molar-refractivity contribution is 5.51. The molecule has 2 aromatic rings. The lowest BCUT2D eigenvalue weighted by molar-refractivity contribution is 0.303. The zero-order chi connectivity index (χ0) is 12.8. The van der Waals surface area contributed by atoms with Crippen molar-refractivity contribution in [2.45, 2.75) is 13.0 Å². The van der Waals surface area contributed by atoms with Crippen LogP contribution in [0.1, 0.15) is 12.1 Å². The van der Waals surface area contributed by atoms with Crippen LogP contribution in [0.2, 0.25) is 0 Å². The van der Waals surface area contributed by atoms with Crippen LogP contribution in [0.5, 0.6) is 5.75 Å². The Kier molecular flexibility index (Phi) is 3.87. The summed E-state index contributed by atoms with van der Waals surface area (Å²) in [6.07, 6.45) is 2.73. The van der Waals surface area contributed by atoms with Gasteiger partial charge in [-0.05, 0) is 30.7 Å². The average molecular weight is 241 g/mol. The molecule has 0 fully saturated rings. The van der Waals surface area contributed by atoms with E-state index in [9.17, 15) is 0 Å². The molecule has 0 saturated carbocycles. The summed E-state index contributed by atoms with van der Waals surface area (Å²) in [6.45, 7) is 1.35. The molecule has 1 heterocycles. The fourth-order valence-electron chi connectivity index (χ4n) is 1.74. The zero-order valence-corrected chi connectivity index (χ0v) is 10.0. The number of anilines is 1. The molecule has 0 aliphatic rings. The summed E-state index contributed by atoms with van der Waals surface area (Å²) in [7, 11) is 0. The van der Waals surface area contributed by atoms with Crippen molar-refractivity contribution in [1.29, 1.82) is 5.26 Å². The van der Waals surface area contributed by atoms with Gasteiger partial charge in [-0.3, -0.25) is 0 Å². The lowest BCUT2D eigenvalue weighted by atomic mass is 10.3. The Hall–Kier alpha value is -2.41.